The molecule has 149 valence electrons. The molecular weight excluding hydrogens is 445 g/mol. The summed E-state index contributed by atoms with van der Waals surface area (Å²) >= 11 is 0. The summed E-state index contributed by atoms with van der Waals surface area (Å²) in [5.74, 6) is 2.57. The van der Waals surface area contributed by atoms with Crippen LogP contribution in [0.5, 0.6) is 17.2 Å². The van der Waals surface area contributed by atoms with Crippen molar-refractivity contribution >= 4 is 0 Å². The second-order valence-corrected chi connectivity index (χ2v) is 6.58. The fourth-order valence-electron chi connectivity index (χ4n) is 2.70. The van der Waals surface area contributed by atoms with Crippen molar-refractivity contribution in [2.45, 2.75) is 13.3 Å². The predicted octanol–water partition coefficient (Wildman–Crippen LogP) is 6.67. The van der Waals surface area contributed by atoms with Crippen LogP contribution in [-0.4, -0.2) is 7.11 Å². The fourth-order valence-corrected chi connectivity index (χ4v) is 2.70. The van der Waals surface area contributed by atoms with Gasteiger partial charge in [-0.3, -0.25) is 0 Å². The summed E-state index contributed by atoms with van der Waals surface area (Å²) in [6.45, 7) is 2.11. The SMILES string of the molecule is COc1cc[c-]cc1.Cc1ccc(Cc2ccc(Oc3cc[c-]cc3)cc2)cc1.[Y]. The summed E-state index contributed by atoms with van der Waals surface area (Å²) in [5.41, 5.74) is 3.91. The van der Waals surface area contributed by atoms with Gasteiger partial charge in [-0.1, -0.05) is 42.0 Å². The summed E-state index contributed by atoms with van der Waals surface area (Å²) in [6, 6.07) is 37.7. The van der Waals surface area contributed by atoms with Crippen molar-refractivity contribution in [3.8, 4) is 17.2 Å². The standard InChI is InChI=1S/C20H17O.C7H7O.Y/c1-16-7-9-17(10-8-16)15-18-11-13-20(14-12-18)21-19-5-3-2-4-6-19;1-8-7-5-3-2-4-6-7;/h3-14H,15H2,1H3;3-6H,1H3;/q2*-1;. The smallest absolute Gasteiger partial charge is 0.124 e. The van der Waals surface area contributed by atoms with E-state index in [9.17, 15) is 0 Å². The van der Waals surface area contributed by atoms with E-state index in [1.165, 1.54) is 16.7 Å². The zero-order valence-electron chi connectivity index (χ0n) is 17.3. The Bertz CT molecular complexity index is 967. The van der Waals surface area contributed by atoms with Gasteiger partial charge in [0.1, 0.15) is 5.75 Å². The molecule has 0 saturated carbocycles. The average Bonchev–Trinajstić information content (AvgIpc) is 2.78. The van der Waals surface area contributed by atoms with Gasteiger partial charge in [-0.25, -0.2) is 0 Å². The van der Waals surface area contributed by atoms with Gasteiger partial charge in [0.2, 0.25) is 0 Å². The van der Waals surface area contributed by atoms with Gasteiger partial charge in [0.25, 0.3) is 0 Å². The molecule has 0 heterocycles. The van der Waals surface area contributed by atoms with E-state index in [-0.39, 0.29) is 32.7 Å². The van der Waals surface area contributed by atoms with Crippen molar-refractivity contribution in [3.63, 3.8) is 0 Å². The number of hydrogen-bond donors (Lipinski definition) is 0. The normalized spacial score (nSPS) is 9.53. The predicted molar refractivity (Wildman–Crippen MR) is 118 cm³/mol. The summed E-state index contributed by atoms with van der Waals surface area (Å²) < 4.78 is 10.7. The number of methoxy groups -OCH3 is 1. The van der Waals surface area contributed by atoms with Gasteiger partial charge in [-0.15, -0.1) is 24.3 Å². The minimum absolute atomic E-state index is 0. The van der Waals surface area contributed by atoms with Gasteiger partial charge >= 0.3 is 0 Å². The molecule has 4 aromatic rings. The molecule has 0 bridgehead atoms. The van der Waals surface area contributed by atoms with Crippen LogP contribution >= 0.6 is 0 Å². The minimum Gasteiger partial charge on any atom is -0.522 e. The van der Waals surface area contributed by atoms with Gasteiger partial charge in [0, 0.05) is 44.2 Å². The quantitative estimate of drug-likeness (QED) is 0.304. The van der Waals surface area contributed by atoms with Crippen molar-refractivity contribution in [1.29, 1.82) is 0 Å². The maximum Gasteiger partial charge on any atom is 0.124 e. The molecular formula is C27H24O2Y-2. The van der Waals surface area contributed by atoms with Gasteiger partial charge in [-0.05, 0) is 36.6 Å². The Morgan fingerprint density at radius 3 is 1.50 bits per heavy atom. The van der Waals surface area contributed by atoms with Crippen molar-refractivity contribution in [2.75, 3.05) is 7.11 Å². The van der Waals surface area contributed by atoms with Crippen LogP contribution in [0.1, 0.15) is 16.7 Å². The molecule has 0 aliphatic rings. The van der Waals surface area contributed by atoms with Crippen molar-refractivity contribution in [1.82, 2.24) is 0 Å². The van der Waals surface area contributed by atoms with E-state index in [1.807, 2.05) is 60.7 Å². The number of ether oxygens (including phenoxy) is 2. The van der Waals surface area contributed by atoms with Crippen molar-refractivity contribution < 1.29 is 42.2 Å². The summed E-state index contributed by atoms with van der Waals surface area (Å²) in [6.07, 6.45) is 0.945. The first kappa shape index (κ1) is 23.9. The van der Waals surface area contributed by atoms with E-state index >= 15 is 0 Å². The summed E-state index contributed by atoms with van der Waals surface area (Å²) in [4.78, 5) is 0. The van der Waals surface area contributed by atoms with Crippen molar-refractivity contribution in [3.05, 3.63) is 126 Å². The molecule has 0 aliphatic heterocycles. The molecule has 4 aromatic carbocycles. The topological polar surface area (TPSA) is 18.5 Å². The Morgan fingerprint density at radius 2 is 1.03 bits per heavy atom. The Labute approximate surface area is 204 Å². The number of aryl methyl sites for hydroxylation is 1. The van der Waals surface area contributed by atoms with E-state index in [0.717, 1.165) is 23.7 Å². The van der Waals surface area contributed by atoms with Crippen LogP contribution in [0.4, 0.5) is 0 Å². The molecule has 0 unspecified atom stereocenters. The van der Waals surface area contributed by atoms with E-state index in [1.54, 1.807) is 7.11 Å². The second-order valence-electron chi connectivity index (χ2n) is 6.58. The zero-order valence-corrected chi connectivity index (χ0v) is 20.2. The summed E-state index contributed by atoms with van der Waals surface area (Å²) in [7, 11) is 1.65. The van der Waals surface area contributed by atoms with E-state index in [4.69, 9.17) is 9.47 Å². The molecule has 0 saturated heterocycles. The van der Waals surface area contributed by atoms with Crippen LogP contribution in [0.15, 0.2) is 97.1 Å². The molecule has 0 amide bonds. The molecule has 0 fully saturated rings. The third-order valence-corrected chi connectivity index (χ3v) is 4.30. The Kier molecular flexibility index (Phi) is 10.3. The van der Waals surface area contributed by atoms with Crippen LogP contribution in [0.2, 0.25) is 0 Å². The Morgan fingerprint density at radius 1 is 0.600 bits per heavy atom. The van der Waals surface area contributed by atoms with Gasteiger partial charge in [-0.2, -0.15) is 36.4 Å². The van der Waals surface area contributed by atoms with Gasteiger partial charge in [0.05, 0.1) is 7.11 Å². The Hall–Kier alpha value is -2.42. The van der Waals surface area contributed by atoms with Crippen LogP contribution < -0.4 is 9.47 Å². The zero-order chi connectivity index (χ0) is 20.3. The van der Waals surface area contributed by atoms with Crippen molar-refractivity contribution in [2.24, 2.45) is 0 Å². The maximum absolute atomic E-state index is 5.78. The van der Waals surface area contributed by atoms with E-state index < -0.39 is 0 Å². The first-order chi connectivity index (χ1) is 14.2. The van der Waals surface area contributed by atoms with E-state index in [0.29, 0.717) is 0 Å². The molecule has 0 atom stereocenters. The molecule has 2 nitrogen and oxygen atoms in total. The van der Waals surface area contributed by atoms with Crippen LogP contribution in [0.25, 0.3) is 0 Å². The number of benzene rings is 4. The minimum atomic E-state index is 0. The number of rotatable bonds is 5. The van der Waals surface area contributed by atoms with Crippen LogP contribution in [0, 0.1) is 19.1 Å². The van der Waals surface area contributed by atoms with Gasteiger partial charge in [0.15, 0.2) is 0 Å². The fraction of sp³-hybridized carbons (Fsp3) is 0.111. The third-order valence-electron chi connectivity index (χ3n) is 4.30. The third kappa shape index (κ3) is 8.14. The van der Waals surface area contributed by atoms with Crippen LogP contribution in [-0.2, 0) is 39.1 Å². The average molecular weight is 469 g/mol. The molecule has 0 aromatic heterocycles. The van der Waals surface area contributed by atoms with Gasteiger partial charge < -0.3 is 9.47 Å². The second kappa shape index (κ2) is 13.0. The molecule has 1 radical (unpaired) electrons. The van der Waals surface area contributed by atoms with E-state index in [2.05, 4.69) is 55.5 Å². The Balaban J connectivity index is 0.000000302. The molecule has 30 heavy (non-hydrogen) atoms. The monoisotopic (exact) mass is 469 g/mol. The molecule has 4 rings (SSSR count). The molecule has 0 N–H and O–H groups in total. The largest absolute Gasteiger partial charge is 0.522 e. The molecule has 3 heteroatoms. The summed E-state index contributed by atoms with van der Waals surface area (Å²) in [5, 5.41) is 0. The first-order valence-electron chi connectivity index (χ1n) is 9.51. The van der Waals surface area contributed by atoms with Crippen LogP contribution in [0.3, 0.4) is 0 Å². The first-order valence-corrected chi connectivity index (χ1v) is 9.51. The maximum atomic E-state index is 5.78. The number of hydrogen-bond acceptors (Lipinski definition) is 2. The molecule has 0 aliphatic carbocycles. The molecule has 0 spiro atoms.